The van der Waals surface area contributed by atoms with Crippen LogP contribution >= 0.6 is 0 Å². The molecule has 7 heteroatoms. The van der Waals surface area contributed by atoms with E-state index in [0.29, 0.717) is 0 Å². The third kappa shape index (κ3) is 3.41. The number of hydrogen-bond donors (Lipinski definition) is 2. The van der Waals surface area contributed by atoms with Crippen molar-refractivity contribution < 1.29 is 19.4 Å². The number of rotatable bonds is 3. The van der Waals surface area contributed by atoms with Gasteiger partial charge in [0.25, 0.3) is 0 Å². The summed E-state index contributed by atoms with van der Waals surface area (Å²) < 4.78 is 4.47. The van der Waals surface area contributed by atoms with Crippen LogP contribution in [0.25, 0.3) is 5.76 Å². The standard InChI is InChI=1S/C11H11N3O4/c1-18-10(16)8(6-14-11(12)17)9(15)7-3-2-4-13-5-7/h2-6,15H,1H3,(H2,12,17). The number of hydrogen-bond acceptors (Lipinski definition) is 5. The van der Waals surface area contributed by atoms with Crippen LogP contribution in [0, 0.1) is 0 Å². The second-order valence-corrected chi connectivity index (χ2v) is 3.09. The molecular weight excluding hydrogens is 238 g/mol. The average molecular weight is 249 g/mol. The quantitative estimate of drug-likeness (QED) is 0.353. The highest BCUT2D eigenvalue weighted by Gasteiger charge is 2.15. The minimum atomic E-state index is -0.990. The summed E-state index contributed by atoms with van der Waals surface area (Å²) in [5, 5.41) is 9.89. The third-order valence-corrected chi connectivity index (χ3v) is 1.92. The van der Waals surface area contributed by atoms with Crippen LogP contribution in [0.15, 0.2) is 35.1 Å². The topological polar surface area (TPSA) is 115 Å². The van der Waals surface area contributed by atoms with Crippen molar-refractivity contribution in [1.82, 2.24) is 4.98 Å². The number of aromatic nitrogens is 1. The molecule has 0 aromatic carbocycles. The Hall–Kier alpha value is -2.70. The molecular formula is C11H11N3O4. The Balaban J connectivity index is 3.24. The van der Waals surface area contributed by atoms with Crippen LogP contribution in [-0.2, 0) is 9.53 Å². The molecule has 0 saturated heterocycles. The van der Waals surface area contributed by atoms with Gasteiger partial charge in [-0.3, -0.25) is 4.98 Å². The Kier molecular flexibility index (Phi) is 4.56. The van der Waals surface area contributed by atoms with Crippen molar-refractivity contribution in [3.05, 3.63) is 35.7 Å². The smallest absolute Gasteiger partial charge is 0.343 e. The van der Waals surface area contributed by atoms with E-state index in [2.05, 4.69) is 14.7 Å². The van der Waals surface area contributed by atoms with Crippen LogP contribution < -0.4 is 5.73 Å². The van der Waals surface area contributed by atoms with Gasteiger partial charge in [0.05, 0.1) is 13.3 Å². The maximum Gasteiger partial charge on any atom is 0.343 e. The lowest BCUT2D eigenvalue weighted by Crippen LogP contribution is -2.12. The minimum Gasteiger partial charge on any atom is -0.506 e. The molecule has 0 spiro atoms. The van der Waals surface area contributed by atoms with Crippen molar-refractivity contribution in [1.29, 1.82) is 0 Å². The molecule has 18 heavy (non-hydrogen) atoms. The molecule has 0 bridgehead atoms. The Bertz CT molecular complexity index is 508. The molecule has 0 saturated carbocycles. The fourth-order valence-electron chi connectivity index (χ4n) is 1.11. The number of pyridine rings is 1. The monoisotopic (exact) mass is 249 g/mol. The number of methoxy groups -OCH3 is 1. The van der Waals surface area contributed by atoms with Crippen molar-refractivity contribution in [2.24, 2.45) is 10.7 Å². The van der Waals surface area contributed by atoms with Gasteiger partial charge in [-0.05, 0) is 12.1 Å². The summed E-state index contributed by atoms with van der Waals surface area (Å²) in [4.78, 5) is 29.0. The van der Waals surface area contributed by atoms with Gasteiger partial charge >= 0.3 is 12.0 Å². The predicted molar refractivity (Wildman–Crippen MR) is 63.9 cm³/mol. The first-order chi connectivity index (χ1) is 8.56. The van der Waals surface area contributed by atoms with E-state index in [-0.39, 0.29) is 11.1 Å². The molecule has 0 aliphatic heterocycles. The van der Waals surface area contributed by atoms with Gasteiger partial charge in [-0.2, -0.15) is 0 Å². The third-order valence-electron chi connectivity index (χ3n) is 1.92. The Labute approximate surface area is 103 Å². The molecule has 1 aromatic rings. The molecule has 1 rings (SSSR count). The molecule has 1 heterocycles. The molecule has 0 aliphatic carbocycles. The maximum absolute atomic E-state index is 11.4. The van der Waals surface area contributed by atoms with Crippen LogP contribution in [0.2, 0.25) is 0 Å². The molecule has 94 valence electrons. The molecule has 0 radical (unpaired) electrons. The summed E-state index contributed by atoms with van der Waals surface area (Å²) in [6.45, 7) is 0. The summed E-state index contributed by atoms with van der Waals surface area (Å²) in [6.07, 6.45) is 3.69. The summed E-state index contributed by atoms with van der Waals surface area (Å²) in [6, 6.07) is 2.12. The number of urea groups is 1. The highest BCUT2D eigenvalue weighted by molar-refractivity contribution is 6.16. The largest absolute Gasteiger partial charge is 0.506 e. The fourth-order valence-corrected chi connectivity index (χ4v) is 1.11. The minimum absolute atomic E-state index is 0.286. The molecule has 7 nitrogen and oxygen atoms in total. The van der Waals surface area contributed by atoms with E-state index in [1.54, 1.807) is 6.07 Å². The van der Waals surface area contributed by atoms with Crippen LogP contribution in [-0.4, -0.2) is 35.4 Å². The number of aliphatic hydroxyl groups excluding tert-OH is 1. The fraction of sp³-hybridized carbons (Fsp3) is 0.0909. The molecule has 3 N–H and O–H groups in total. The van der Waals surface area contributed by atoms with Crippen molar-refractivity contribution in [2.45, 2.75) is 0 Å². The van der Waals surface area contributed by atoms with E-state index < -0.39 is 17.8 Å². The average Bonchev–Trinajstić information content (AvgIpc) is 2.39. The number of carbonyl (C=O) groups excluding carboxylic acids is 2. The number of primary amides is 1. The molecule has 0 fully saturated rings. The second kappa shape index (κ2) is 6.14. The van der Waals surface area contributed by atoms with E-state index in [1.807, 2.05) is 0 Å². The van der Waals surface area contributed by atoms with E-state index in [9.17, 15) is 14.7 Å². The van der Waals surface area contributed by atoms with Gasteiger partial charge < -0.3 is 15.6 Å². The van der Waals surface area contributed by atoms with Gasteiger partial charge in [-0.15, -0.1) is 0 Å². The zero-order valence-corrected chi connectivity index (χ0v) is 9.53. The summed E-state index contributed by atoms with van der Waals surface area (Å²) in [5.41, 5.74) is 4.81. The summed E-state index contributed by atoms with van der Waals surface area (Å²) >= 11 is 0. The van der Waals surface area contributed by atoms with Gasteiger partial charge in [0.1, 0.15) is 11.3 Å². The maximum atomic E-state index is 11.4. The molecule has 1 aromatic heterocycles. The lowest BCUT2D eigenvalue weighted by molar-refractivity contribution is -0.135. The Morgan fingerprint density at radius 1 is 1.56 bits per heavy atom. The van der Waals surface area contributed by atoms with Crippen molar-refractivity contribution >= 4 is 24.0 Å². The molecule has 2 amide bonds. The number of carbonyl (C=O) groups is 2. The van der Waals surface area contributed by atoms with Gasteiger partial charge in [0, 0.05) is 18.0 Å². The first-order valence-corrected chi connectivity index (χ1v) is 4.81. The SMILES string of the molecule is COC(=O)C(C=NC(N)=O)=C(O)c1cccnc1. The zero-order chi connectivity index (χ0) is 13.5. The number of aliphatic imine (C=N–C) groups is 1. The highest BCUT2D eigenvalue weighted by Crippen LogP contribution is 2.14. The van der Waals surface area contributed by atoms with Crippen molar-refractivity contribution in [2.75, 3.05) is 7.11 Å². The molecule has 0 atom stereocenters. The van der Waals surface area contributed by atoms with Crippen LogP contribution in [0.5, 0.6) is 0 Å². The van der Waals surface area contributed by atoms with Crippen LogP contribution in [0.3, 0.4) is 0 Å². The van der Waals surface area contributed by atoms with E-state index >= 15 is 0 Å². The lowest BCUT2D eigenvalue weighted by Gasteiger charge is -2.04. The first kappa shape index (κ1) is 13.4. The summed E-state index contributed by atoms with van der Waals surface area (Å²) in [5.74, 6) is -1.25. The number of aliphatic hydroxyl groups is 1. The Morgan fingerprint density at radius 3 is 2.78 bits per heavy atom. The van der Waals surface area contributed by atoms with Gasteiger partial charge in [-0.1, -0.05) is 0 Å². The number of nitrogens with two attached hydrogens (primary N) is 1. The van der Waals surface area contributed by atoms with Crippen molar-refractivity contribution in [3.8, 4) is 0 Å². The molecule has 0 unspecified atom stereocenters. The van der Waals surface area contributed by atoms with E-state index in [0.717, 1.165) is 13.3 Å². The second-order valence-electron chi connectivity index (χ2n) is 3.09. The number of ether oxygens (including phenoxy) is 1. The zero-order valence-electron chi connectivity index (χ0n) is 9.53. The lowest BCUT2D eigenvalue weighted by atomic mass is 10.1. The number of esters is 1. The van der Waals surface area contributed by atoms with Crippen LogP contribution in [0.1, 0.15) is 5.56 Å². The van der Waals surface area contributed by atoms with Gasteiger partial charge in [0.15, 0.2) is 0 Å². The predicted octanol–water partition coefficient (Wildman–Crippen LogP) is 0.673. The Morgan fingerprint density at radius 2 is 2.28 bits per heavy atom. The normalized spacial score (nSPS) is 12.1. The summed E-state index contributed by atoms with van der Waals surface area (Å²) in [7, 11) is 1.14. The van der Waals surface area contributed by atoms with E-state index in [1.165, 1.54) is 18.5 Å². The number of amides is 2. The van der Waals surface area contributed by atoms with E-state index in [4.69, 9.17) is 5.73 Å². The van der Waals surface area contributed by atoms with Gasteiger partial charge in [-0.25, -0.2) is 14.6 Å². The van der Waals surface area contributed by atoms with Crippen molar-refractivity contribution in [3.63, 3.8) is 0 Å². The number of nitrogens with zero attached hydrogens (tertiary/aromatic N) is 2. The van der Waals surface area contributed by atoms with Crippen LogP contribution in [0.4, 0.5) is 4.79 Å². The first-order valence-electron chi connectivity index (χ1n) is 4.81. The molecule has 0 aliphatic rings. The highest BCUT2D eigenvalue weighted by atomic mass is 16.5. The van der Waals surface area contributed by atoms with Gasteiger partial charge in [0.2, 0.25) is 0 Å².